The van der Waals surface area contributed by atoms with Crippen LogP contribution in [-0.2, 0) is 11.3 Å². The molecule has 0 saturated carbocycles. The molecule has 1 heterocycles. The number of benzene rings is 1. The monoisotopic (exact) mass is 251 g/mol. The third-order valence-electron chi connectivity index (χ3n) is 3.53. The predicted octanol–water partition coefficient (Wildman–Crippen LogP) is 1.16. The van der Waals surface area contributed by atoms with Crippen molar-refractivity contribution in [3.05, 3.63) is 29.8 Å². The van der Waals surface area contributed by atoms with Gasteiger partial charge in [-0.25, -0.2) is 0 Å². The highest BCUT2D eigenvalue weighted by atomic mass is 16.5. The summed E-state index contributed by atoms with van der Waals surface area (Å²) in [6.45, 7) is 1.81. The molecule has 2 N–H and O–H groups in total. The van der Waals surface area contributed by atoms with Crippen LogP contribution >= 0.6 is 0 Å². The van der Waals surface area contributed by atoms with E-state index in [1.807, 2.05) is 36.2 Å². The van der Waals surface area contributed by atoms with Crippen LogP contribution in [-0.4, -0.2) is 42.6 Å². The standard InChI is InChI=1S/C14H21NO3/c1-15(11-14(17)6-8-18-9-7-14)13-5-3-2-4-12(13)10-16/h2-5,16-17H,6-11H2,1H3. The maximum Gasteiger partial charge on any atom is 0.0865 e. The van der Waals surface area contributed by atoms with Crippen LogP contribution in [0.15, 0.2) is 24.3 Å². The topological polar surface area (TPSA) is 52.9 Å². The molecule has 1 aromatic carbocycles. The molecule has 1 aliphatic rings. The van der Waals surface area contributed by atoms with E-state index in [2.05, 4.69) is 0 Å². The number of rotatable bonds is 4. The van der Waals surface area contributed by atoms with Crippen LogP contribution in [0.4, 0.5) is 5.69 Å². The maximum atomic E-state index is 10.5. The van der Waals surface area contributed by atoms with Gasteiger partial charge in [0.15, 0.2) is 0 Å². The van der Waals surface area contributed by atoms with Crippen molar-refractivity contribution in [2.75, 3.05) is 31.7 Å². The van der Waals surface area contributed by atoms with Crippen molar-refractivity contribution in [3.63, 3.8) is 0 Å². The van der Waals surface area contributed by atoms with Gasteiger partial charge in [-0.1, -0.05) is 18.2 Å². The van der Waals surface area contributed by atoms with Crippen molar-refractivity contribution in [1.82, 2.24) is 0 Å². The van der Waals surface area contributed by atoms with E-state index in [0.29, 0.717) is 32.6 Å². The van der Waals surface area contributed by atoms with E-state index < -0.39 is 5.60 Å². The molecule has 0 amide bonds. The Morgan fingerprint density at radius 2 is 1.94 bits per heavy atom. The molecule has 4 nitrogen and oxygen atoms in total. The van der Waals surface area contributed by atoms with E-state index >= 15 is 0 Å². The molecule has 1 fully saturated rings. The average Bonchev–Trinajstić information content (AvgIpc) is 2.39. The van der Waals surface area contributed by atoms with Gasteiger partial charge in [-0.3, -0.25) is 0 Å². The van der Waals surface area contributed by atoms with Crippen LogP contribution in [0.2, 0.25) is 0 Å². The van der Waals surface area contributed by atoms with Crippen molar-refractivity contribution in [3.8, 4) is 0 Å². The molecule has 0 unspecified atom stereocenters. The first-order valence-electron chi connectivity index (χ1n) is 6.35. The van der Waals surface area contributed by atoms with Crippen LogP contribution < -0.4 is 4.90 Å². The summed E-state index contributed by atoms with van der Waals surface area (Å²) in [5.74, 6) is 0. The summed E-state index contributed by atoms with van der Waals surface area (Å²) in [7, 11) is 1.95. The first-order chi connectivity index (χ1) is 8.64. The molecule has 0 radical (unpaired) electrons. The fraction of sp³-hybridized carbons (Fsp3) is 0.571. The Kier molecular flexibility index (Phi) is 4.22. The molecule has 2 rings (SSSR count). The smallest absolute Gasteiger partial charge is 0.0865 e. The van der Waals surface area contributed by atoms with E-state index in [-0.39, 0.29) is 6.61 Å². The van der Waals surface area contributed by atoms with Crippen LogP contribution in [0.5, 0.6) is 0 Å². The lowest BCUT2D eigenvalue weighted by Crippen LogP contribution is -2.46. The molecule has 0 aliphatic carbocycles. The van der Waals surface area contributed by atoms with Crippen molar-refractivity contribution in [1.29, 1.82) is 0 Å². The van der Waals surface area contributed by atoms with E-state index in [1.165, 1.54) is 0 Å². The number of hydrogen-bond donors (Lipinski definition) is 2. The lowest BCUT2D eigenvalue weighted by Gasteiger charge is -2.36. The van der Waals surface area contributed by atoms with Crippen LogP contribution in [0, 0.1) is 0 Å². The van der Waals surface area contributed by atoms with E-state index in [9.17, 15) is 10.2 Å². The van der Waals surface area contributed by atoms with Gasteiger partial charge in [0.2, 0.25) is 0 Å². The molecule has 0 bridgehead atoms. The largest absolute Gasteiger partial charge is 0.392 e. The van der Waals surface area contributed by atoms with Crippen LogP contribution in [0.1, 0.15) is 18.4 Å². The molecule has 0 atom stereocenters. The second kappa shape index (κ2) is 5.69. The first kappa shape index (κ1) is 13.3. The summed E-state index contributed by atoms with van der Waals surface area (Å²) in [5, 5.41) is 19.8. The summed E-state index contributed by atoms with van der Waals surface area (Å²) >= 11 is 0. The molecular formula is C14H21NO3. The lowest BCUT2D eigenvalue weighted by molar-refractivity contribution is -0.0572. The number of aliphatic hydroxyl groups is 2. The summed E-state index contributed by atoms with van der Waals surface area (Å²) < 4.78 is 5.28. The van der Waals surface area contributed by atoms with Gasteiger partial charge >= 0.3 is 0 Å². The second-order valence-corrected chi connectivity index (χ2v) is 4.98. The van der Waals surface area contributed by atoms with Gasteiger partial charge in [-0.15, -0.1) is 0 Å². The van der Waals surface area contributed by atoms with Gasteiger partial charge in [0, 0.05) is 50.9 Å². The van der Waals surface area contributed by atoms with E-state index in [4.69, 9.17) is 4.74 Å². The van der Waals surface area contributed by atoms with Crippen molar-refractivity contribution < 1.29 is 14.9 Å². The predicted molar refractivity (Wildman–Crippen MR) is 70.6 cm³/mol. The Labute approximate surface area is 108 Å². The average molecular weight is 251 g/mol. The Morgan fingerprint density at radius 1 is 1.28 bits per heavy atom. The Bertz CT molecular complexity index is 388. The minimum atomic E-state index is -0.685. The van der Waals surface area contributed by atoms with Gasteiger partial charge in [-0.2, -0.15) is 0 Å². The zero-order valence-corrected chi connectivity index (χ0v) is 10.8. The molecule has 1 saturated heterocycles. The van der Waals surface area contributed by atoms with Gasteiger partial charge in [0.25, 0.3) is 0 Å². The number of anilines is 1. The summed E-state index contributed by atoms with van der Waals surface area (Å²) in [4.78, 5) is 2.01. The number of nitrogens with zero attached hydrogens (tertiary/aromatic N) is 1. The highest BCUT2D eigenvalue weighted by Gasteiger charge is 2.31. The summed E-state index contributed by atoms with van der Waals surface area (Å²) in [5.41, 5.74) is 1.17. The van der Waals surface area contributed by atoms with Gasteiger partial charge in [0.1, 0.15) is 0 Å². The number of likely N-dealkylation sites (N-methyl/N-ethyl adjacent to an activating group) is 1. The van der Waals surface area contributed by atoms with Gasteiger partial charge in [-0.05, 0) is 6.07 Å². The van der Waals surface area contributed by atoms with E-state index in [1.54, 1.807) is 0 Å². The fourth-order valence-electron chi connectivity index (χ4n) is 2.45. The quantitative estimate of drug-likeness (QED) is 0.843. The Balaban J connectivity index is 2.08. The molecule has 100 valence electrons. The molecule has 1 aromatic rings. The normalized spacial score (nSPS) is 18.6. The fourth-order valence-corrected chi connectivity index (χ4v) is 2.45. The third-order valence-corrected chi connectivity index (χ3v) is 3.53. The zero-order valence-electron chi connectivity index (χ0n) is 10.8. The third kappa shape index (κ3) is 3.02. The number of ether oxygens (including phenoxy) is 1. The van der Waals surface area contributed by atoms with Crippen molar-refractivity contribution in [2.24, 2.45) is 0 Å². The summed E-state index contributed by atoms with van der Waals surface area (Å²) in [6.07, 6.45) is 1.33. The molecule has 0 spiro atoms. The molecular weight excluding hydrogens is 230 g/mol. The number of hydrogen-bond acceptors (Lipinski definition) is 4. The molecule has 18 heavy (non-hydrogen) atoms. The highest BCUT2D eigenvalue weighted by molar-refractivity contribution is 5.53. The molecule has 4 heteroatoms. The SMILES string of the molecule is CN(CC1(O)CCOCC1)c1ccccc1CO. The minimum absolute atomic E-state index is 0.0159. The highest BCUT2D eigenvalue weighted by Crippen LogP contribution is 2.26. The first-order valence-corrected chi connectivity index (χ1v) is 6.35. The van der Waals surface area contributed by atoms with Crippen molar-refractivity contribution >= 4 is 5.69 Å². The molecule has 1 aliphatic heterocycles. The molecule has 0 aromatic heterocycles. The maximum absolute atomic E-state index is 10.5. The number of para-hydroxylation sites is 1. The minimum Gasteiger partial charge on any atom is -0.392 e. The lowest BCUT2D eigenvalue weighted by atomic mass is 9.93. The van der Waals surface area contributed by atoms with Crippen LogP contribution in [0.3, 0.4) is 0 Å². The van der Waals surface area contributed by atoms with Crippen LogP contribution in [0.25, 0.3) is 0 Å². The zero-order chi connectivity index (χ0) is 13.0. The van der Waals surface area contributed by atoms with Gasteiger partial charge in [0.05, 0.1) is 12.2 Å². The number of aliphatic hydroxyl groups excluding tert-OH is 1. The second-order valence-electron chi connectivity index (χ2n) is 4.98. The van der Waals surface area contributed by atoms with E-state index in [0.717, 1.165) is 11.3 Å². The summed E-state index contributed by atoms with van der Waals surface area (Å²) in [6, 6.07) is 7.72. The Hall–Kier alpha value is -1.10. The van der Waals surface area contributed by atoms with Crippen molar-refractivity contribution in [2.45, 2.75) is 25.0 Å². The van der Waals surface area contributed by atoms with Gasteiger partial charge < -0.3 is 19.8 Å². The Morgan fingerprint density at radius 3 is 2.61 bits per heavy atom.